The van der Waals surface area contributed by atoms with Crippen molar-refractivity contribution in [1.82, 2.24) is 0 Å². The molecule has 0 N–H and O–H groups in total. The summed E-state index contributed by atoms with van der Waals surface area (Å²) in [6.45, 7) is 4.32. The maximum absolute atomic E-state index is 2.26. The van der Waals surface area contributed by atoms with E-state index in [4.69, 9.17) is 0 Å². The van der Waals surface area contributed by atoms with Gasteiger partial charge in [0.15, 0.2) is 0 Å². The van der Waals surface area contributed by atoms with Gasteiger partial charge in [-0.25, -0.2) is 0 Å². The van der Waals surface area contributed by atoms with E-state index in [0.717, 1.165) is 19.3 Å². The van der Waals surface area contributed by atoms with Crippen molar-refractivity contribution in [2.24, 2.45) is 0 Å². The maximum atomic E-state index is 2.26. The number of aryl methyl sites for hydroxylation is 1. The van der Waals surface area contributed by atoms with Crippen molar-refractivity contribution in [1.29, 1.82) is 0 Å². The second kappa shape index (κ2) is 7.05. The molecule has 0 aliphatic carbocycles. The first-order valence-corrected chi connectivity index (χ1v) is 5.70. The summed E-state index contributed by atoms with van der Waals surface area (Å²) in [5, 5.41) is 0. The largest absolute Gasteiger partial charge is 0.0840 e. The third kappa shape index (κ3) is 5.21. The van der Waals surface area contributed by atoms with Crippen LogP contribution in [0.25, 0.3) is 0 Å². The first-order chi connectivity index (χ1) is 7.33. The Balaban J connectivity index is 2.31. The normalized spacial score (nSPS) is 12.3. The highest BCUT2D eigenvalue weighted by Gasteiger charge is 1.88. The van der Waals surface area contributed by atoms with Crippen molar-refractivity contribution in [3.05, 3.63) is 59.7 Å². The Morgan fingerprint density at radius 1 is 1.20 bits per heavy atom. The molecule has 0 aromatic heterocycles. The zero-order valence-corrected chi connectivity index (χ0v) is 9.74. The minimum Gasteiger partial charge on any atom is -0.0840 e. The molecule has 0 aliphatic heterocycles. The van der Waals surface area contributed by atoms with Crippen LogP contribution in [0.3, 0.4) is 0 Å². The van der Waals surface area contributed by atoms with Crippen LogP contribution in [-0.4, -0.2) is 0 Å². The van der Waals surface area contributed by atoms with Gasteiger partial charge in [-0.15, -0.1) is 0 Å². The fourth-order valence-corrected chi connectivity index (χ4v) is 1.55. The van der Waals surface area contributed by atoms with E-state index in [1.807, 2.05) is 0 Å². The molecule has 0 saturated heterocycles. The Kier molecular flexibility index (Phi) is 5.54. The van der Waals surface area contributed by atoms with Gasteiger partial charge in [0.2, 0.25) is 0 Å². The SMILES string of the molecule is CC/C=C(C)/C=C/CCc1ccccc1. The highest BCUT2D eigenvalue weighted by molar-refractivity contribution is 5.18. The molecule has 0 heterocycles. The van der Waals surface area contributed by atoms with Gasteiger partial charge in [-0.05, 0) is 31.7 Å². The minimum absolute atomic E-state index is 1.12. The van der Waals surface area contributed by atoms with E-state index in [0.29, 0.717) is 0 Å². The molecule has 0 heteroatoms. The van der Waals surface area contributed by atoms with Crippen LogP contribution in [0.1, 0.15) is 32.3 Å². The summed E-state index contributed by atoms with van der Waals surface area (Å²) in [5.41, 5.74) is 2.78. The lowest BCUT2D eigenvalue weighted by Crippen LogP contribution is -1.81. The summed E-state index contributed by atoms with van der Waals surface area (Å²) >= 11 is 0. The predicted octanol–water partition coefficient (Wildman–Crippen LogP) is 4.53. The van der Waals surface area contributed by atoms with E-state index in [1.165, 1.54) is 11.1 Å². The molecule has 1 aromatic rings. The minimum atomic E-state index is 1.12. The molecule has 0 nitrogen and oxygen atoms in total. The van der Waals surface area contributed by atoms with Gasteiger partial charge in [0, 0.05) is 0 Å². The van der Waals surface area contributed by atoms with Gasteiger partial charge in [0.25, 0.3) is 0 Å². The molecule has 0 bridgehead atoms. The number of allylic oxidation sites excluding steroid dienone is 4. The third-order valence-electron chi connectivity index (χ3n) is 2.35. The topological polar surface area (TPSA) is 0 Å². The molecule has 0 radical (unpaired) electrons. The molecular weight excluding hydrogens is 180 g/mol. The van der Waals surface area contributed by atoms with Crippen molar-refractivity contribution in [3.63, 3.8) is 0 Å². The highest BCUT2D eigenvalue weighted by Crippen LogP contribution is 2.04. The zero-order chi connectivity index (χ0) is 10.9. The van der Waals surface area contributed by atoms with Gasteiger partial charge in [0.05, 0.1) is 0 Å². The van der Waals surface area contributed by atoms with Crippen LogP contribution in [-0.2, 0) is 6.42 Å². The Labute approximate surface area is 93.3 Å². The van der Waals surface area contributed by atoms with Crippen molar-refractivity contribution < 1.29 is 0 Å². The maximum Gasteiger partial charge on any atom is -0.0244 e. The molecule has 80 valence electrons. The van der Waals surface area contributed by atoms with Crippen molar-refractivity contribution >= 4 is 0 Å². The molecule has 1 aromatic carbocycles. The molecular formula is C15H20. The van der Waals surface area contributed by atoms with E-state index in [2.05, 4.69) is 62.4 Å². The quantitative estimate of drug-likeness (QED) is 0.612. The van der Waals surface area contributed by atoms with E-state index in [1.54, 1.807) is 0 Å². The number of benzene rings is 1. The molecule has 1 rings (SSSR count). The van der Waals surface area contributed by atoms with Crippen LogP contribution in [0.15, 0.2) is 54.1 Å². The van der Waals surface area contributed by atoms with Crippen LogP contribution in [0, 0.1) is 0 Å². The molecule has 0 aliphatic rings. The molecule has 0 spiro atoms. The molecule has 0 atom stereocenters. The molecule has 0 amide bonds. The summed E-state index contributed by atoms with van der Waals surface area (Å²) in [6.07, 6.45) is 10.1. The number of hydrogen-bond acceptors (Lipinski definition) is 0. The van der Waals surface area contributed by atoms with Gasteiger partial charge in [-0.1, -0.05) is 61.1 Å². The van der Waals surface area contributed by atoms with Crippen LogP contribution in [0.5, 0.6) is 0 Å². The average Bonchev–Trinajstić information content (AvgIpc) is 2.26. The number of rotatable bonds is 5. The fourth-order valence-electron chi connectivity index (χ4n) is 1.55. The standard InChI is InChI=1S/C15H20/c1-3-9-14(2)10-7-8-13-15-11-5-4-6-12-15/h4-7,9-12H,3,8,13H2,1-2H3/b10-7+,14-9+. The van der Waals surface area contributed by atoms with Gasteiger partial charge >= 0.3 is 0 Å². The van der Waals surface area contributed by atoms with Crippen molar-refractivity contribution in [2.45, 2.75) is 33.1 Å². The lowest BCUT2D eigenvalue weighted by Gasteiger charge is -1.96. The Morgan fingerprint density at radius 2 is 1.93 bits per heavy atom. The summed E-state index contributed by atoms with van der Waals surface area (Å²) in [7, 11) is 0. The van der Waals surface area contributed by atoms with Gasteiger partial charge in [-0.2, -0.15) is 0 Å². The Morgan fingerprint density at radius 3 is 2.60 bits per heavy atom. The van der Waals surface area contributed by atoms with Crippen molar-refractivity contribution in [2.75, 3.05) is 0 Å². The predicted molar refractivity (Wildman–Crippen MR) is 68.0 cm³/mol. The first-order valence-electron chi connectivity index (χ1n) is 5.70. The van der Waals surface area contributed by atoms with Crippen LogP contribution >= 0.6 is 0 Å². The smallest absolute Gasteiger partial charge is 0.0244 e. The van der Waals surface area contributed by atoms with Crippen LogP contribution in [0.2, 0.25) is 0 Å². The van der Waals surface area contributed by atoms with E-state index < -0.39 is 0 Å². The zero-order valence-electron chi connectivity index (χ0n) is 9.74. The monoisotopic (exact) mass is 200 g/mol. The molecule has 0 saturated carbocycles. The lowest BCUT2D eigenvalue weighted by molar-refractivity contribution is 0.999. The second-order valence-electron chi connectivity index (χ2n) is 3.78. The van der Waals surface area contributed by atoms with Gasteiger partial charge < -0.3 is 0 Å². The van der Waals surface area contributed by atoms with Gasteiger partial charge in [0.1, 0.15) is 0 Å². The van der Waals surface area contributed by atoms with Crippen LogP contribution in [0.4, 0.5) is 0 Å². The molecule has 0 unspecified atom stereocenters. The highest BCUT2D eigenvalue weighted by atomic mass is 13.9. The Bertz CT molecular complexity index is 317. The molecule has 0 fully saturated rings. The summed E-state index contributed by atoms with van der Waals surface area (Å²) in [4.78, 5) is 0. The van der Waals surface area contributed by atoms with E-state index in [9.17, 15) is 0 Å². The lowest BCUT2D eigenvalue weighted by atomic mass is 10.1. The first kappa shape index (κ1) is 11.8. The van der Waals surface area contributed by atoms with Crippen molar-refractivity contribution in [3.8, 4) is 0 Å². The van der Waals surface area contributed by atoms with Gasteiger partial charge in [-0.3, -0.25) is 0 Å². The molecule has 15 heavy (non-hydrogen) atoms. The summed E-state index contributed by atoms with van der Waals surface area (Å²) in [5.74, 6) is 0. The third-order valence-corrected chi connectivity index (χ3v) is 2.35. The summed E-state index contributed by atoms with van der Waals surface area (Å²) in [6, 6.07) is 10.6. The van der Waals surface area contributed by atoms with Crippen LogP contribution < -0.4 is 0 Å². The van der Waals surface area contributed by atoms with E-state index >= 15 is 0 Å². The second-order valence-corrected chi connectivity index (χ2v) is 3.78. The summed E-state index contributed by atoms with van der Waals surface area (Å²) < 4.78 is 0. The fraction of sp³-hybridized carbons (Fsp3) is 0.333. The Hall–Kier alpha value is -1.30. The van der Waals surface area contributed by atoms with E-state index in [-0.39, 0.29) is 0 Å². The number of hydrogen-bond donors (Lipinski definition) is 0. The average molecular weight is 200 g/mol.